The Balaban J connectivity index is 2.19. The number of rotatable bonds is 4. The lowest BCUT2D eigenvalue weighted by Gasteiger charge is -2.23. The van der Waals surface area contributed by atoms with Crippen LogP contribution in [-0.4, -0.2) is 20.3 Å². The fourth-order valence-electron chi connectivity index (χ4n) is 2.70. The van der Waals surface area contributed by atoms with Crippen LogP contribution in [0.5, 0.6) is 0 Å². The molecule has 0 bridgehead atoms. The summed E-state index contributed by atoms with van der Waals surface area (Å²) in [5, 5.41) is 0.709. The molecule has 3 rings (SSSR count). The standard InChI is InChI=1S/C16H16BrFN2O2S/c1-12-13(18)6-4-9-14(12)20-16-8-3-2-7-15(16)19(11-5-10-17)23(20,21)22/h2-4,6-9H,5,10-11H2,1H3. The minimum Gasteiger partial charge on any atom is -0.251 e. The lowest BCUT2D eigenvalue weighted by atomic mass is 10.1. The number of fused-ring (bicyclic) bond motifs is 1. The maximum atomic E-state index is 13.9. The van der Waals surface area contributed by atoms with Crippen molar-refractivity contribution in [2.75, 3.05) is 20.5 Å². The number of anilines is 3. The summed E-state index contributed by atoms with van der Waals surface area (Å²) < 4.78 is 42.6. The van der Waals surface area contributed by atoms with Crippen LogP contribution in [0.15, 0.2) is 42.5 Å². The molecule has 0 spiro atoms. The highest BCUT2D eigenvalue weighted by molar-refractivity contribution is 9.09. The molecule has 0 amide bonds. The summed E-state index contributed by atoms with van der Waals surface area (Å²) in [6.07, 6.45) is 0.684. The van der Waals surface area contributed by atoms with E-state index in [2.05, 4.69) is 15.9 Å². The minimum atomic E-state index is -3.77. The molecule has 1 aliphatic heterocycles. The van der Waals surface area contributed by atoms with Crippen LogP contribution < -0.4 is 8.61 Å². The van der Waals surface area contributed by atoms with E-state index in [0.717, 1.165) is 0 Å². The molecule has 2 aromatic rings. The van der Waals surface area contributed by atoms with Gasteiger partial charge in [-0.05, 0) is 37.6 Å². The summed E-state index contributed by atoms with van der Waals surface area (Å²) in [5.74, 6) is -0.422. The summed E-state index contributed by atoms with van der Waals surface area (Å²) in [4.78, 5) is 0. The van der Waals surface area contributed by atoms with Crippen molar-refractivity contribution < 1.29 is 12.8 Å². The first-order chi connectivity index (χ1) is 11.0. The van der Waals surface area contributed by atoms with Gasteiger partial charge in [-0.15, -0.1) is 0 Å². The van der Waals surface area contributed by atoms with Crippen molar-refractivity contribution >= 4 is 43.2 Å². The summed E-state index contributed by atoms with van der Waals surface area (Å²) in [5.41, 5.74) is 1.83. The molecule has 4 nitrogen and oxygen atoms in total. The van der Waals surface area contributed by atoms with Gasteiger partial charge in [0.05, 0.1) is 17.1 Å². The zero-order chi connectivity index (χ0) is 16.6. The van der Waals surface area contributed by atoms with E-state index in [-0.39, 0.29) is 0 Å². The van der Waals surface area contributed by atoms with Crippen molar-refractivity contribution in [3.05, 3.63) is 53.8 Å². The van der Waals surface area contributed by atoms with Crippen molar-refractivity contribution in [1.82, 2.24) is 0 Å². The molecule has 0 aromatic heterocycles. The first kappa shape index (κ1) is 16.3. The number of benzene rings is 2. The predicted octanol–water partition coefficient (Wildman–Crippen LogP) is 4.12. The second-order valence-corrected chi connectivity index (χ2v) is 7.75. The molecule has 122 valence electrons. The van der Waals surface area contributed by atoms with E-state index in [4.69, 9.17) is 0 Å². The Morgan fingerprint density at radius 2 is 1.70 bits per heavy atom. The molecular formula is C16H16BrFN2O2S. The summed E-state index contributed by atoms with van der Waals surface area (Å²) in [6, 6.07) is 11.6. The van der Waals surface area contributed by atoms with Crippen LogP contribution in [0, 0.1) is 12.7 Å². The Kier molecular flexibility index (Phi) is 4.33. The Morgan fingerprint density at radius 3 is 2.39 bits per heavy atom. The maximum Gasteiger partial charge on any atom is 0.330 e. The van der Waals surface area contributed by atoms with E-state index >= 15 is 0 Å². The van der Waals surface area contributed by atoms with Gasteiger partial charge in [-0.1, -0.05) is 34.1 Å². The van der Waals surface area contributed by atoms with Gasteiger partial charge in [0.1, 0.15) is 5.82 Å². The normalized spacial score (nSPS) is 15.8. The van der Waals surface area contributed by atoms with E-state index < -0.39 is 16.0 Å². The highest BCUT2D eigenvalue weighted by atomic mass is 79.9. The Morgan fingerprint density at radius 1 is 1.04 bits per heavy atom. The van der Waals surface area contributed by atoms with Crippen molar-refractivity contribution in [3.8, 4) is 0 Å². The lowest BCUT2D eigenvalue weighted by Crippen LogP contribution is -2.36. The number of hydrogen-bond donors (Lipinski definition) is 0. The van der Waals surface area contributed by atoms with Crippen molar-refractivity contribution in [3.63, 3.8) is 0 Å². The van der Waals surface area contributed by atoms with Crippen LogP contribution in [0.25, 0.3) is 0 Å². The third-order valence-electron chi connectivity index (χ3n) is 3.83. The smallest absolute Gasteiger partial charge is 0.251 e. The molecule has 0 saturated carbocycles. The number of alkyl halides is 1. The molecule has 0 unspecified atom stereocenters. The molecule has 0 fully saturated rings. The first-order valence-corrected chi connectivity index (χ1v) is 9.73. The van der Waals surface area contributed by atoms with Gasteiger partial charge in [0.15, 0.2) is 0 Å². The largest absolute Gasteiger partial charge is 0.330 e. The Hall–Kier alpha value is -1.60. The molecule has 1 heterocycles. The topological polar surface area (TPSA) is 40.6 Å². The van der Waals surface area contributed by atoms with E-state index in [1.54, 1.807) is 37.3 Å². The molecule has 0 saturated heterocycles. The summed E-state index contributed by atoms with van der Waals surface area (Å²) in [7, 11) is -3.77. The fourth-order valence-corrected chi connectivity index (χ4v) is 4.76. The van der Waals surface area contributed by atoms with Gasteiger partial charge < -0.3 is 0 Å². The number of para-hydroxylation sites is 2. The van der Waals surface area contributed by atoms with E-state index in [0.29, 0.717) is 40.9 Å². The van der Waals surface area contributed by atoms with E-state index in [9.17, 15) is 12.8 Å². The van der Waals surface area contributed by atoms with Gasteiger partial charge in [-0.2, -0.15) is 8.42 Å². The van der Waals surface area contributed by atoms with Gasteiger partial charge in [0, 0.05) is 17.4 Å². The second-order valence-electron chi connectivity index (χ2n) is 5.26. The lowest BCUT2D eigenvalue weighted by molar-refractivity contribution is 0.592. The monoisotopic (exact) mass is 398 g/mol. The quantitative estimate of drug-likeness (QED) is 0.726. The van der Waals surface area contributed by atoms with Gasteiger partial charge in [0.2, 0.25) is 0 Å². The summed E-state index contributed by atoms with van der Waals surface area (Å²) in [6.45, 7) is 1.96. The minimum absolute atomic E-state index is 0.313. The third kappa shape index (κ3) is 2.61. The van der Waals surface area contributed by atoms with E-state index in [1.807, 2.05) is 0 Å². The predicted molar refractivity (Wildman–Crippen MR) is 94.4 cm³/mol. The van der Waals surface area contributed by atoms with Crippen LogP contribution in [0.2, 0.25) is 0 Å². The van der Waals surface area contributed by atoms with Crippen LogP contribution >= 0.6 is 15.9 Å². The van der Waals surface area contributed by atoms with Gasteiger partial charge in [-0.25, -0.2) is 8.70 Å². The van der Waals surface area contributed by atoms with Crippen LogP contribution in [0.1, 0.15) is 12.0 Å². The molecule has 0 N–H and O–H groups in total. The average molecular weight is 399 g/mol. The molecule has 0 aliphatic carbocycles. The molecular weight excluding hydrogens is 383 g/mol. The average Bonchev–Trinajstić information content (AvgIpc) is 2.75. The van der Waals surface area contributed by atoms with Crippen molar-refractivity contribution in [1.29, 1.82) is 0 Å². The molecule has 2 aromatic carbocycles. The van der Waals surface area contributed by atoms with Crippen LogP contribution in [-0.2, 0) is 10.2 Å². The van der Waals surface area contributed by atoms with Crippen molar-refractivity contribution in [2.24, 2.45) is 0 Å². The Bertz CT molecular complexity index is 842. The van der Waals surface area contributed by atoms with Crippen LogP contribution in [0.4, 0.5) is 21.5 Å². The highest BCUT2D eigenvalue weighted by Crippen LogP contribution is 2.46. The van der Waals surface area contributed by atoms with Gasteiger partial charge >= 0.3 is 10.2 Å². The van der Waals surface area contributed by atoms with E-state index in [1.165, 1.54) is 20.7 Å². The first-order valence-electron chi connectivity index (χ1n) is 7.21. The molecule has 0 atom stereocenters. The second kappa shape index (κ2) is 6.13. The zero-order valence-corrected chi connectivity index (χ0v) is 14.9. The molecule has 7 heteroatoms. The summed E-state index contributed by atoms with van der Waals surface area (Å²) >= 11 is 3.33. The van der Waals surface area contributed by atoms with Gasteiger partial charge in [0.25, 0.3) is 0 Å². The number of nitrogens with zero attached hydrogens (tertiary/aromatic N) is 2. The van der Waals surface area contributed by atoms with Gasteiger partial charge in [-0.3, -0.25) is 4.31 Å². The van der Waals surface area contributed by atoms with Crippen LogP contribution in [0.3, 0.4) is 0 Å². The molecule has 1 aliphatic rings. The maximum absolute atomic E-state index is 13.9. The SMILES string of the molecule is Cc1c(F)cccc1N1c2ccccc2N(CCCBr)S1(=O)=O. The molecule has 23 heavy (non-hydrogen) atoms. The fraction of sp³-hybridized carbons (Fsp3) is 0.250. The molecule has 0 radical (unpaired) electrons. The Labute approximate surface area is 143 Å². The number of halogens is 2. The number of hydrogen-bond acceptors (Lipinski definition) is 2. The van der Waals surface area contributed by atoms with Crippen molar-refractivity contribution in [2.45, 2.75) is 13.3 Å². The third-order valence-corrected chi connectivity index (χ3v) is 6.18. The highest BCUT2D eigenvalue weighted by Gasteiger charge is 2.41. The zero-order valence-electron chi connectivity index (χ0n) is 12.5.